The highest BCUT2D eigenvalue weighted by molar-refractivity contribution is 5.87. The molecule has 4 rings (SSSR count). The Morgan fingerprint density at radius 1 is 1.00 bits per heavy atom. The molecule has 0 amide bonds. The summed E-state index contributed by atoms with van der Waals surface area (Å²) in [6, 6.07) is 0. The van der Waals surface area contributed by atoms with Crippen molar-refractivity contribution >= 4 is 5.78 Å². The third-order valence-electron chi connectivity index (χ3n) is 8.35. The number of carbonyl (C=O) groups excluding carboxylic acids is 1. The van der Waals surface area contributed by atoms with E-state index in [4.69, 9.17) is 0 Å². The Bertz CT molecular complexity index is 458. The van der Waals surface area contributed by atoms with Gasteiger partial charge >= 0.3 is 0 Å². The first-order valence-electron chi connectivity index (χ1n) is 9.16. The molecule has 0 spiro atoms. The first-order valence-corrected chi connectivity index (χ1v) is 9.16. The molecule has 7 atom stereocenters. The molecule has 0 aliphatic heterocycles. The standard InChI is InChI=1S/C19H30O2/c1-18-9-7-13(20)11-12(18)3-4-14-15-5-6-17(21)19(15,2)10-8-16(14)18/h12-16,20H,3-11H2,1-2H3/t12-,13+,14+,15+,16+,18-,19-/m1/s1. The molecule has 1 N–H and O–H groups in total. The van der Waals surface area contributed by atoms with E-state index in [1.54, 1.807) is 0 Å². The lowest BCUT2D eigenvalue weighted by Crippen LogP contribution is -2.54. The van der Waals surface area contributed by atoms with Gasteiger partial charge in [-0.2, -0.15) is 0 Å². The zero-order valence-corrected chi connectivity index (χ0v) is 13.6. The SMILES string of the molecule is C[C@@]12CC[C@H](O)C[C@H]1CC[C@@H]1[C@@H]2CC[C@@]2(C)C(=O)CC[C@@H]12. The fourth-order valence-electron chi connectivity index (χ4n) is 7.01. The molecule has 0 aromatic heterocycles. The summed E-state index contributed by atoms with van der Waals surface area (Å²) in [5.74, 6) is 3.54. The van der Waals surface area contributed by atoms with Crippen molar-refractivity contribution in [2.24, 2.45) is 34.5 Å². The number of carbonyl (C=O) groups is 1. The lowest BCUT2D eigenvalue weighted by atomic mass is 9.45. The van der Waals surface area contributed by atoms with Gasteiger partial charge in [0, 0.05) is 11.8 Å². The smallest absolute Gasteiger partial charge is 0.139 e. The number of aliphatic hydroxyl groups excluding tert-OH is 1. The second kappa shape index (κ2) is 4.57. The first-order chi connectivity index (χ1) is 9.95. The monoisotopic (exact) mass is 290 g/mol. The zero-order chi connectivity index (χ0) is 14.8. The van der Waals surface area contributed by atoms with E-state index < -0.39 is 0 Å². The molecular weight excluding hydrogens is 260 g/mol. The van der Waals surface area contributed by atoms with Gasteiger partial charge in [-0.3, -0.25) is 4.79 Å². The number of hydrogen-bond acceptors (Lipinski definition) is 2. The molecule has 0 unspecified atom stereocenters. The molecular formula is C19H30O2. The molecule has 2 heteroatoms. The van der Waals surface area contributed by atoms with Gasteiger partial charge in [-0.15, -0.1) is 0 Å². The summed E-state index contributed by atoms with van der Waals surface area (Å²) in [4.78, 5) is 12.4. The van der Waals surface area contributed by atoms with Crippen LogP contribution in [0.25, 0.3) is 0 Å². The van der Waals surface area contributed by atoms with Crippen molar-refractivity contribution < 1.29 is 9.90 Å². The van der Waals surface area contributed by atoms with Gasteiger partial charge in [-0.05, 0) is 80.5 Å². The van der Waals surface area contributed by atoms with Crippen LogP contribution in [0.5, 0.6) is 0 Å². The van der Waals surface area contributed by atoms with Crippen LogP contribution in [0.4, 0.5) is 0 Å². The van der Waals surface area contributed by atoms with Crippen LogP contribution < -0.4 is 0 Å². The summed E-state index contributed by atoms with van der Waals surface area (Å²) in [6.07, 6.45) is 10.1. The van der Waals surface area contributed by atoms with E-state index in [1.807, 2.05) is 0 Å². The van der Waals surface area contributed by atoms with Gasteiger partial charge < -0.3 is 5.11 Å². The predicted molar refractivity (Wildman–Crippen MR) is 82.7 cm³/mol. The van der Waals surface area contributed by atoms with Crippen molar-refractivity contribution in [2.75, 3.05) is 0 Å². The highest BCUT2D eigenvalue weighted by Crippen LogP contribution is 2.65. The summed E-state index contributed by atoms with van der Waals surface area (Å²) in [5, 5.41) is 10.0. The Hall–Kier alpha value is -0.370. The Kier molecular flexibility index (Phi) is 3.10. The Morgan fingerprint density at radius 3 is 2.62 bits per heavy atom. The van der Waals surface area contributed by atoms with Gasteiger partial charge in [0.1, 0.15) is 5.78 Å². The number of ketones is 1. The maximum Gasteiger partial charge on any atom is 0.139 e. The van der Waals surface area contributed by atoms with E-state index >= 15 is 0 Å². The van der Waals surface area contributed by atoms with Gasteiger partial charge in [0.25, 0.3) is 0 Å². The number of fused-ring (bicyclic) bond motifs is 5. The van der Waals surface area contributed by atoms with E-state index in [2.05, 4.69) is 13.8 Å². The lowest BCUT2D eigenvalue weighted by molar-refractivity contribution is -0.142. The fourth-order valence-corrected chi connectivity index (χ4v) is 7.01. The molecule has 4 aliphatic carbocycles. The third kappa shape index (κ3) is 1.84. The lowest BCUT2D eigenvalue weighted by Gasteiger charge is -2.60. The topological polar surface area (TPSA) is 37.3 Å². The third-order valence-corrected chi connectivity index (χ3v) is 8.35. The molecule has 0 bridgehead atoms. The van der Waals surface area contributed by atoms with Gasteiger partial charge in [0.05, 0.1) is 6.10 Å². The van der Waals surface area contributed by atoms with Gasteiger partial charge in [0.2, 0.25) is 0 Å². The molecule has 0 aromatic rings. The second-order valence-electron chi connectivity index (χ2n) is 9.00. The first kappa shape index (κ1) is 14.2. The number of Topliss-reactive ketones (excluding diaryl/α,β-unsaturated/α-hetero) is 1. The van der Waals surface area contributed by atoms with Crippen molar-refractivity contribution in [1.82, 2.24) is 0 Å². The summed E-state index contributed by atoms with van der Waals surface area (Å²) in [6.45, 7) is 4.78. The van der Waals surface area contributed by atoms with Gasteiger partial charge in [0.15, 0.2) is 0 Å². The maximum absolute atomic E-state index is 12.4. The largest absolute Gasteiger partial charge is 0.393 e. The van der Waals surface area contributed by atoms with Crippen molar-refractivity contribution in [1.29, 1.82) is 0 Å². The summed E-state index contributed by atoms with van der Waals surface area (Å²) >= 11 is 0. The van der Waals surface area contributed by atoms with E-state index in [1.165, 1.54) is 25.7 Å². The van der Waals surface area contributed by atoms with E-state index in [9.17, 15) is 9.90 Å². The van der Waals surface area contributed by atoms with Crippen LogP contribution in [0.15, 0.2) is 0 Å². The molecule has 0 aromatic carbocycles. The van der Waals surface area contributed by atoms with Crippen LogP contribution in [0.1, 0.15) is 71.6 Å². The number of hydrogen-bond donors (Lipinski definition) is 1. The van der Waals surface area contributed by atoms with E-state index in [0.717, 1.165) is 49.9 Å². The molecule has 4 fully saturated rings. The molecule has 21 heavy (non-hydrogen) atoms. The summed E-state index contributed by atoms with van der Waals surface area (Å²) in [7, 11) is 0. The maximum atomic E-state index is 12.4. The highest BCUT2D eigenvalue weighted by Gasteiger charge is 2.60. The molecule has 2 nitrogen and oxygen atoms in total. The Morgan fingerprint density at radius 2 is 1.81 bits per heavy atom. The zero-order valence-electron chi connectivity index (χ0n) is 13.6. The molecule has 0 heterocycles. The quantitative estimate of drug-likeness (QED) is 0.733. The second-order valence-corrected chi connectivity index (χ2v) is 9.00. The van der Waals surface area contributed by atoms with Crippen molar-refractivity contribution in [3.63, 3.8) is 0 Å². The molecule has 0 radical (unpaired) electrons. The minimum Gasteiger partial charge on any atom is -0.393 e. The normalized spacial score (nSPS) is 56.5. The van der Waals surface area contributed by atoms with Crippen LogP contribution in [0, 0.1) is 34.5 Å². The molecule has 4 aliphatic rings. The van der Waals surface area contributed by atoms with Crippen molar-refractivity contribution in [3.8, 4) is 0 Å². The Labute approximate surface area is 128 Å². The van der Waals surface area contributed by atoms with Crippen molar-refractivity contribution in [2.45, 2.75) is 77.7 Å². The summed E-state index contributed by atoms with van der Waals surface area (Å²) in [5.41, 5.74) is 0.452. The van der Waals surface area contributed by atoms with Crippen LogP contribution in [0.3, 0.4) is 0 Å². The van der Waals surface area contributed by atoms with Gasteiger partial charge in [-0.1, -0.05) is 13.8 Å². The molecule has 4 saturated carbocycles. The van der Waals surface area contributed by atoms with Crippen LogP contribution in [0.2, 0.25) is 0 Å². The van der Waals surface area contributed by atoms with E-state index in [-0.39, 0.29) is 11.5 Å². The molecule has 118 valence electrons. The number of aliphatic hydroxyl groups is 1. The Balaban J connectivity index is 1.64. The minimum atomic E-state index is -0.0541. The average Bonchev–Trinajstić information content (AvgIpc) is 2.76. The van der Waals surface area contributed by atoms with Crippen molar-refractivity contribution in [3.05, 3.63) is 0 Å². The van der Waals surface area contributed by atoms with Crippen LogP contribution in [-0.4, -0.2) is 17.0 Å². The fraction of sp³-hybridized carbons (Fsp3) is 0.947. The number of rotatable bonds is 0. The van der Waals surface area contributed by atoms with Gasteiger partial charge in [-0.25, -0.2) is 0 Å². The minimum absolute atomic E-state index is 0.0124. The molecule has 0 saturated heterocycles. The van der Waals surface area contributed by atoms with Crippen LogP contribution >= 0.6 is 0 Å². The average molecular weight is 290 g/mol. The van der Waals surface area contributed by atoms with E-state index in [0.29, 0.717) is 17.1 Å². The van der Waals surface area contributed by atoms with Crippen LogP contribution in [-0.2, 0) is 4.79 Å². The predicted octanol–water partition coefficient (Wildman–Crippen LogP) is 3.96. The summed E-state index contributed by atoms with van der Waals surface area (Å²) < 4.78 is 0. The highest BCUT2D eigenvalue weighted by atomic mass is 16.3.